The van der Waals surface area contributed by atoms with Crippen LogP contribution in [-0.4, -0.2) is 86.8 Å². The maximum absolute atomic E-state index is 13.0. The van der Waals surface area contributed by atoms with E-state index in [4.69, 9.17) is 4.74 Å². The Balaban J connectivity index is 2.16. The molecule has 2 rings (SSSR count). The van der Waals surface area contributed by atoms with E-state index in [1.807, 2.05) is 26.8 Å². The predicted molar refractivity (Wildman–Crippen MR) is 106 cm³/mol. The number of carbonyl (C=O) groups is 2. The van der Waals surface area contributed by atoms with Crippen LogP contribution in [0.15, 0.2) is 0 Å². The van der Waals surface area contributed by atoms with Gasteiger partial charge in [0.05, 0.1) is 19.3 Å². The topological polar surface area (TPSA) is 132 Å². The first-order chi connectivity index (χ1) is 13.4. The molecule has 0 bridgehead atoms. The van der Waals surface area contributed by atoms with Crippen LogP contribution in [0.1, 0.15) is 33.6 Å². The van der Waals surface area contributed by atoms with Gasteiger partial charge in [-0.3, -0.25) is 4.79 Å². The molecule has 2 unspecified atom stereocenters. The Morgan fingerprint density at radius 1 is 1.24 bits per heavy atom. The summed E-state index contributed by atoms with van der Waals surface area (Å²) < 4.78 is 30.9. The summed E-state index contributed by atoms with van der Waals surface area (Å²) in [6, 6.07) is 0.715. The van der Waals surface area contributed by atoms with E-state index in [-0.39, 0.29) is 24.4 Å². The number of nitrogens with zero attached hydrogens (tertiary/aromatic N) is 3. The lowest BCUT2D eigenvalue weighted by Crippen LogP contribution is -2.63. The summed E-state index contributed by atoms with van der Waals surface area (Å²) in [4.78, 5) is 27.2. The van der Waals surface area contributed by atoms with Gasteiger partial charge >= 0.3 is 6.03 Å². The van der Waals surface area contributed by atoms with Crippen LogP contribution in [0.5, 0.6) is 0 Å². The second-order valence-corrected chi connectivity index (χ2v) is 11.0. The summed E-state index contributed by atoms with van der Waals surface area (Å²) in [6.45, 7) is 7.70. The number of nitriles is 1. The van der Waals surface area contributed by atoms with E-state index < -0.39 is 33.3 Å². The quantitative estimate of drug-likeness (QED) is 0.640. The van der Waals surface area contributed by atoms with Gasteiger partial charge in [-0.05, 0) is 18.3 Å². The number of morpholine rings is 1. The number of hydrogen-bond donors (Lipinski definition) is 2. The molecule has 2 N–H and O–H groups in total. The standard InChI is InChI=1S/C18H31N5O5S/c1-17(2,3)11-14(20-16(25)23-7-9-28-10-8-23)15(24)21-18(12-19)5-6-22(4)29(26,27)13-18/h14H,5-11,13H2,1-4H3,(H,20,25)(H,21,24). The molecular formula is C18H31N5O5S. The lowest BCUT2D eigenvalue weighted by molar-refractivity contribution is -0.125. The number of sulfonamides is 1. The molecule has 2 atom stereocenters. The molecule has 3 amide bonds. The van der Waals surface area contributed by atoms with Gasteiger partial charge in [0.2, 0.25) is 15.9 Å². The van der Waals surface area contributed by atoms with Crippen molar-refractivity contribution in [3.63, 3.8) is 0 Å². The molecule has 0 spiro atoms. The molecule has 11 heteroatoms. The highest BCUT2D eigenvalue weighted by atomic mass is 32.2. The molecule has 0 saturated carbocycles. The number of nitrogens with one attached hydrogen (secondary N) is 2. The molecule has 0 aromatic rings. The van der Waals surface area contributed by atoms with Crippen LogP contribution < -0.4 is 10.6 Å². The number of urea groups is 1. The van der Waals surface area contributed by atoms with Crippen molar-refractivity contribution in [2.24, 2.45) is 5.41 Å². The minimum Gasteiger partial charge on any atom is -0.378 e. The second kappa shape index (κ2) is 8.85. The Bertz CT molecular complexity index is 766. The molecule has 2 aliphatic heterocycles. The van der Waals surface area contributed by atoms with Gasteiger partial charge in [-0.1, -0.05) is 20.8 Å². The van der Waals surface area contributed by atoms with Gasteiger partial charge < -0.3 is 20.3 Å². The first-order valence-corrected chi connectivity index (χ1v) is 11.3. The molecular weight excluding hydrogens is 398 g/mol. The van der Waals surface area contributed by atoms with E-state index in [9.17, 15) is 23.3 Å². The highest BCUT2D eigenvalue weighted by Gasteiger charge is 2.44. The number of ether oxygens (including phenoxy) is 1. The Labute approximate surface area is 172 Å². The van der Waals surface area contributed by atoms with Crippen molar-refractivity contribution in [3.05, 3.63) is 0 Å². The normalized spacial score (nSPS) is 26.2. The van der Waals surface area contributed by atoms with E-state index >= 15 is 0 Å². The van der Waals surface area contributed by atoms with Gasteiger partial charge in [-0.15, -0.1) is 0 Å². The van der Waals surface area contributed by atoms with Crippen LogP contribution in [0, 0.1) is 16.7 Å². The van der Waals surface area contributed by atoms with E-state index in [1.165, 1.54) is 11.4 Å². The Morgan fingerprint density at radius 2 is 1.86 bits per heavy atom. The minimum atomic E-state index is -3.64. The number of hydrogen-bond acceptors (Lipinski definition) is 6. The fourth-order valence-electron chi connectivity index (χ4n) is 3.35. The highest BCUT2D eigenvalue weighted by Crippen LogP contribution is 2.24. The summed E-state index contributed by atoms with van der Waals surface area (Å²) in [7, 11) is -2.19. The summed E-state index contributed by atoms with van der Waals surface area (Å²) in [6.07, 6.45) is 0.522. The maximum atomic E-state index is 13.0. The molecule has 0 aliphatic carbocycles. The lowest BCUT2D eigenvalue weighted by Gasteiger charge is -2.37. The van der Waals surface area contributed by atoms with Crippen LogP contribution in [0.25, 0.3) is 0 Å². The maximum Gasteiger partial charge on any atom is 0.318 e. The molecule has 2 aliphatic rings. The zero-order chi connectivity index (χ0) is 21.9. The number of carbonyl (C=O) groups excluding carboxylic acids is 2. The van der Waals surface area contributed by atoms with Crippen molar-refractivity contribution < 1.29 is 22.7 Å². The van der Waals surface area contributed by atoms with Crippen molar-refractivity contribution in [2.75, 3.05) is 45.6 Å². The summed E-state index contributed by atoms with van der Waals surface area (Å²) in [5, 5.41) is 15.0. The first kappa shape index (κ1) is 23.4. The molecule has 0 aromatic heterocycles. The van der Waals surface area contributed by atoms with Gasteiger partial charge in [-0.2, -0.15) is 5.26 Å². The molecule has 2 saturated heterocycles. The van der Waals surface area contributed by atoms with Crippen LogP contribution >= 0.6 is 0 Å². The number of amides is 3. The summed E-state index contributed by atoms with van der Waals surface area (Å²) in [5.74, 6) is -1.04. The van der Waals surface area contributed by atoms with Crippen LogP contribution in [0.4, 0.5) is 4.79 Å². The third-order valence-corrected chi connectivity index (χ3v) is 7.05. The smallest absolute Gasteiger partial charge is 0.318 e. The van der Waals surface area contributed by atoms with Crippen LogP contribution in [0.2, 0.25) is 0 Å². The van der Waals surface area contributed by atoms with E-state index in [0.717, 1.165) is 0 Å². The van der Waals surface area contributed by atoms with Crippen molar-refractivity contribution in [1.82, 2.24) is 19.8 Å². The molecule has 0 aromatic carbocycles. The van der Waals surface area contributed by atoms with Gasteiger partial charge in [-0.25, -0.2) is 17.5 Å². The minimum absolute atomic E-state index is 0.139. The second-order valence-electron chi connectivity index (χ2n) is 8.88. The molecule has 10 nitrogen and oxygen atoms in total. The molecule has 29 heavy (non-hydrogen) atoms. The zero-order valence-corrected chi connectivity index (χ0v) is 18.3. The van der Waals surface area contributed by atoms with Crippen molar-refractivity contribution in [1.29, 1.82) is 5.26 Å². The Morgan fingerprint density at radius 3 is 2.38 bits per heavy atom. The van der Waals surface area contributed by atoms with Gasteiger partial charge in [0.25, 0.3) is 0 Å². The predicted octanol–water partition coefficient (Wildman–Crippen LogP) is -0.123. The van der Waals surface area contributed by atoms with E-state index in [2.05, 4.69) is 10.6 Å². The molecule has 2 heterocycles. The van der Waals surface area contributed by atoms with Crippen molar-refractivity contribution in [3.8, 4) is 6.07 Å². The SMILES string of the molecule is CN1CCC(C#N)(NC(=O)C(CC(C)(C)C)NC(=O)N2CCOCC2)CS1(=O)=O. The first-order valence-electron chi connectivity index (χ1n) is 9.68. The fourth-order valence-corrected chi connectivity index (χ4v) is 4.84. The average Bonchev–Trinajstić information content (AvgIpc) is 2.63. The third-order valence-electron chi connectivity index (χ3n) is 5.06. The highest BCUT2D eigenvalue weighted by molar-refractivity contribution is 7.89. The zero-order valence-electron chi connectivity index (χ0n) is 17.5. The summed E-state index contributed by atoms with van der Waals surface area (Å²) in [5.41, 5.74) is -1.79. The molecule has 0 radical (unpaired) electrons. The molecule has 164 valence electrons. The van der Waals surface area contributed by atoms with E-state index in [0.29, 0.717) is 32.7 Å². The Kier molecular flexibility index (Phi) is 7.14. The largest absolute Gasteiger partial charge is 0.378 e. The fraction of sp³-hybridized carbons (Fsp3) is 0.833. The monoisotopic (exact) mass is 429 g/mol. The van der Waals surface area contributed by atoms with E-state index in [1.54, 1.807) is 4.90 Å². The van der Waals surface area contributed by atoms with Crippen molar-refractivity contribution in [2.45, 2.75) is 45.2 Å². The van der Waals surface area contributed by atoms with Crippen LogP contribution in [0.3, 0.4) is 0 Å². The summed E-state index contributed by atoms with van der Waals surface area (Å²) >= 11 is 0. The van der Waals surface area contributed by atoms with Gasteiger partial charge in [0.1, 0.15) is 17.3 Å². The van der Waals surface area contributed by atoms with Crippen molar-refractivity contribution >= 4 is 22.0 Å². The van der Waals surface area contributed by atoms with Gasteiger partial charge in [0, 0.05) is 26.7 Å². The third kappa shape index (κ3) is 6.29. The van der Waals surface area contributed by atoms with Gasteiger partial charge in [0.15, 0.2) is 0 Å². The molecule has 2 fully saturated rings. The average molecular weight is 430 g/mol. The number of rotatable bonds is 4. The lowest BCUT2D eigenvalue weighted by atomic mass is 9.87. The van der Waals surface area contributed by atoms with Crippen LogP contribution in [-0.2, 0) is 19.6 Å². The Hall–Kier alpha value is -1.90.